The van der Waals surface area contributed by atoms with Gasteiger partial charge >= 0.3 is 0 Å². The van der Waals surface area contributed by atoms with Gasteiger partial charge < -0.3 is 10.1 Å². The van der Waals surface area contributed by atoms with Gasteiger partial charge in [-0.05, 0) is 86.0 Å². The quantitative estimate of drug-likeness (QED) is 0.467. The average molecular weight is 517 g/mol. The summed E-state index contributed by atoms with van der Waals surface area (Å²) < 4.78 is 34.8. The number of methoxy groups -OCH3 is 1. The Hall–Kier alpha value is -2.84. The first-order valence-corrected chi connectivity index (χ1v) is 12.1. The first-order chi connectivity index (χ1) is 15.1. The number of ether oxygens (including phenoxy) is 1. The number of amides is 1. The standard InChI is InChI=1S/C24H25BrN2O4S/c1-16-5-12-22(31-4)23(13-16)32(29,30)27(21-11-6-17(2)18(3)14-21)15-24(28)26-20-9-7-19(25)8-10-20/h5-14H,15H2,1-4H3,(H,26,28). The van der Waals surface area contributed by atoms with E-state index in [1.165, 1.54) is 7.11 Å². The lowest BCUT2D eigenvalue weighted by Crippen LogP contribution is -2.38. The minimum absolute atomic E-state index is 0.00895. The third-order valence-corrected chi connectivity index (χ3v) is 7.40. The molecule has 0 spiro atoms. The molecular formula is C24H25BrN2O4S. The van der Waals surface area contributed by atoms with E-state index < -0.39 is 22.5 Å². The molecule has 0 unspecified atom stereocenters. The Morgan fingerprint density at radius 2 is 1.66 bits per heavy atom. The minimum atomic E-state index is -4.10. The number of rotatable bonds is 7. The molecule has 3 aromatic carbocycles. The van der Waals surface area contributed by atoms with Crippen molar-refractivity contribution in [2.75, 3.05) is 23.3 Å². The normalized spacial score (nSPS) is 11.2. The van der Waals surface area contributed by atoms with E-state index in [0.717, 1.165) is 25.5 Å². The number of sulfonamides is 1. The molecule has 8 heteroatoms. The molecule has 0 saturated carbocycles. The first kappa shape index (κ1) is 23.8. The summed E-state index contributed by atoms with van der Waals surface area (Å²) in [6.45, 7) is 5.26. The van der Waals surface area contributed by atoms with Crippen molar-refractivity contribution in [3.63, 3.8) is 0 Å². The van der Waals surface area contributed by atoms with Crippen LogP contribution in [0.1, 0.15) is 16.7 Å². The summed E-state index contributed by atoms with van der Waals surface area (Å²) in [6, 6.07) is 17.3. The van der Waals surface area contributed by atoms with Gasteiger partial charge in [-0.15, -0.1) is 0 Å². The van der Waals surface area contributed by atoms with Crippen LogP contribution < -0.4 is 14.4 Å². The fraction of sp³-hybridized carbons (Fsp3) is 0.208. The molecule has 32 heavy (non-hydrogen) atoms. The SMILES string of the molecule is COc1ccc(C)cc1S(=O)(=O)N(CC(=O)Nc1ccc(Br)cc1)c1ccc(C)c(C)c1. The van der Waals surface area contributed by atoms with Gasteiger partial charge in [0.05, 0.1) is 12.8 Å². The van der Waals surface area contributed by atoms with Gasteiger partial charge in [0.15, 0.2) is 0 Å². The molecule has 3 rings (SSSR count). The highest BCUT2D eigenvalue weighted by molar-refractivity contribution is 9.10. The highest BCUT2D eigenvalue weighted by Gasteiger charge is 2.30. The van der Waals surface area contributed by atoms with E-state index >= 15 is 0 Å². The second-order valence-corrected chi connectivity index (χ2v) is 10.2. The molecule has 0 aliphatic heterocycles. The van der Waals surface area contributed by atoms with Gasteiger partial charge in [-0.3, -0.25) is 9.10 Å². The number of benzene rings is 3. The van der Waals surface area contributed by atoms with Crippen LogP contribution in [0.2, 0.25) is 0 Å². The summed E-state index contributed by atoms with van der Waals surface area (Å²) in [5, 5.41) is 2.76. The number of nitrogens with zero attached hydrogens (tertiary/aromatic N) is 1. The second kappa shape index (κ2) is 9.75. The van der Waals surface area contributed by atoms with Crippen LogP contribution in [-0.4, -0.2) is 28.0 Å². The van der Waals surface area contributed by atoms with E-state index in [4.69, 9.17) is 4.74 Å². The molecule has 0 aromatic heterocycles. The summed E-state index contributed by atoms with van der Waals surface area (Å²) in [4.78, 5) is 12.9. The van der Waals surface area contributed by atoms with Crippen LogP contribution in [-0.2, 0) is 14.8 Å². The van der Waals surface area contributed by atoms with E-state index in [0.29, 0.717) is 11.4 Å². The Bertz CT molecular complexity index is 1240. The Balaban J connectivity index is 2.04. The molecule has 6 nitrogen and oxygen atoms in total. The maximum atomic E-state index is 13.8. The van der Waals surface area contributed by atoms with E-state index in [2.05, 4.69) is 21.2 Å². The average Bonchev–Trinajstić information content (AvgIpc) is 2.75. The molecule has 0 atom stereocenters. The Kier molecular flexibility index (Phi) is 7.26. The number of carbonyl (C=O) groups excluding carboxylic acids is 1. The summed E-state index contributed by atoms with van der Waals surface area (Å²) in [6.07, 6.45) is 0. The van der Waals surface area contributed by atoms with Gasteiger partial charge in [-0.1, -0.05) is 28.1 Å². The zero-order valence-electron chi connectivity index (χ0n) is 18.3. The Labute approximate surface area is 197 Å². The third kappa shape index (κ3) is 5.31. The number of carbonyl (C=O) groups is 1. The van der Waals surface area contributed by atoms with Crippen LogP contribution in [0.4, 0.5) is 11.4 Å². The van der Waals surface area contributed by atoms with Crippen LogP contribution in [0.3, 0.4) is 0 Å². The second-order valence-electron chi connectivity index (χ2n) is 7.49. The van der Waals surface area contributed by atoms with Crippen molar-refractivity contribution in [1.29, 1.82) is 0 Å². The molecular weight excluding hydrogens is 492 g/mol. The van der Waals surface area contributed by atoms with Crippen molar-refractivity contribution in [2.45, 2.75) is 25.7 Å². The number of anilines is 2. The topological polar surface area (TPSA) is 75.7 Å². The maximum absolute atomic E-state index is 13.8. The molecule has 0 saturated heterocycles. The van der Waals surface area contributed by atoms with Crippen molar-refractivity contribution in [3.05, 3.63) is 81.8 Å². The van der Waals surface area contributed by atoms with Crippen molar-refractivity contribution < 1.29 is 17.9 Å². The predicted octanol–water partition coefficient (Wildman–Crippen LogP) is 5.22. The molecule has 1 amide bonds. The summed E-state index contributed by atoms with van der Waals surface area (Å²) in [5.41, 5.74) is 3.70. The van der Waals surface area contributed by atoms with Crippen molar-refractivity contribution in [3.8, 4) is 5.75 Å². The highest BCUT2D eigenvalue weighted by Crippen LogP contribution is 2.31. The van der Waals surface area contributed by atoms with Gasteiger partial charge in [0.1, 0.15) is 17.2 Å². The summed E-state index contributed by atoms with van der Waals surface area (Å²) in [7, 11) is -2.68. The van der Waals surface area contributed by atoms with E-state index in [-0.39, 0.29) is 10.6 Å². The highest BCUT2D eigenvalue weighted by atomic mass is 79.9. The van der Waals surface area contributed by atoms with E-state index in [9.17, 15) is 13.2 Å². The number of halogens is 1. The smallest absolute Gasteiger partial charge is 0.268 e. The van der Waals surface area contributed by atoms with Gasteiger partial charge in [0.25, 0.3) is 10.0 Å². The zero-order chi connectivity index (χ0) is 23.5. The lowest BCUT2D eigenvalue weighted by atomic mass is 10.1. The third-order valence-electron chi connectivity index (χ3n) is 5.08. The van der Waals surface area contributed by atoms with E-state index in [1.807, 2.05) is 19.9 Å². The molecule has 1 N–H and O–H groups in total. The Morgan fingerprint density at radius 3 is 2.28 bits per heavy atom. The monoisotopic (exact) mass is 516 g/mol. The van der Waals surface area contributed by atoms with Crippen LogP contribution in [0.25, 0.3) is 0 Å². The van der Waals surface area contributed by atoms with Gasteiger partial charge in [0, 0.05) is 10.2 Å². The predicted molar refractivity (Wildman–Crippen MR) is 131 cm³/mol. The van der Waals surface area contributed by atoms with Gasteiger partial charge in [-0.2, -0.15) is 0 Å². The van der Waals surface area contributed by atoms with Crippen molar-refractivity contribution in [2.24, 2.45) is 0 Å². The van der Waals surface area contributed by atoms with Crippen LogP contribution in [0, 0.1) is 20.8 Å². The maximum Gasteiger partial charge on any atom is 0.268 e. The molecule has 0 heterocycles. The largest absolute Gasteiger partial charge is 0.495 e. The molecule has 0 radical (unpaired) electrons. The number of hydrogen-bond donors (Lipinski definition) is 1. The van der Waals surface area contributed by atoms with E-state index in [1.54, 1.807) is 61.5 Å². The molecule has 0 bridgehead atoms. The lowest BCUT2D eigenvalue weighted by Gasteiger charge is -2.25. The van der Waals surface area contributed by atoms with Crippen molar-refractivity contribution in [1.82, 2.24) is 0 Å². The molecule has 0 aliphatic rings. The number of nitrogens with one attached hydrogen (secondary N) is 1. The van der Waals surface area contributed by atoms with Crippen LogP contribution in [0.5, 0.6) is 5.75 Å². The Morgan fingerprint density at radius 1 is 0.969 bits per heavy atom. The fourth-order valence-electron chi connectivity index (χ4n) is 3.16. The van der Waals surface area contributed by atoms with Crippen molar-refractivity contribution >= 4 is 43.2 Å². The minimum Gasteiger partial charge on any atom is -0.495 e. The van der Waals surface area contributed by atoms with Crippen LogP contribution in [0.15, 0.2) is 70.0 Å². The number of aryl methyl sites for hydroxylation is 3. The molecule has 3 aromatic rings. The fourth-order valence-corrected chi connectivity index (χ4v) is 5.08. The lowest BCUT2D eigenvalue weighted by molar-refractivity contribution is -0.114. The molecule has 0 aliphatic carbocycles. The summed E-state index contributed by atoms with van der Waals surface area (Å²) >= 11 is 3.35. The van der Waals surface area contributed by atoms with Crippen LogP contribution >= 0.6 is 15.9 Å². The number of hydrogen-bond acceptors (Lipinski definition) is 4. The first-order valence-electron chi connectivity index (χ1n) is 9.92. The van der Waals surface area contributed by atoms with Gasteiger partial charge in [-0.25, -0.2) is 8.42 Å². The molecule has 0 fully saturated rings. The molecule has 168 valence electrons. The zero-order valence-corrected chi connectivity index (χ0v) is 20.7. The summed E-state index contributed by atoms with van der Waals surface area (Å²) in [5.74, 6) is -0.238. The van der Waals surface area contributed by atoms with Gasteiger partial charge in [0.2, 0.25) is 5.91 Å².